The zero-order valence-electron chi connectivity index (χ0n) is 20.4. The molecule has 31 heavy (non-hydrogen) atoms. The second-order valence-electron chi connectivity index (χ2n) is 10.7. The number of amides is 1. The highest BCUT2D eigenvalue weighted by Crippen LogP contribution is 2.29. The highest BCUT2D eigenvalue weighted by atomic mass is 28.5. The van der Waals surface area contributed by atoms with Gasteiger partial charge in [0.15, 0.2) is 25.0 Å². The summed E-state index contributed by atoms with van der Waals surface area (Å²) in [4.78, 5) is 12.6. The summed E-state index contributed by atoms with van der Waals surface area (Å²) in [7, 11) is -8.59. The molecule has 0 saturated carbocycles. The maximum absolute atomic E-state index is 12.6. The molecular formula is C19H38N4O4Si4. The Kier molecular flexibility index (Phi) is 8.22. The Balaban J connectivity index is 2.10. The number of benzene rings is 1. The number of para-hydroxylation sites is 1. The molecule has 8 nitrogen and oxygen atoms in total. The molecule has 1 amide bonds. The molecule has 2 aromatic rings. The van der Waals surface area contributed by atoms with Gasteiger partial charge in [0.05, 0.1) is 5.52 Å². The molecule has 12 heteroatoms. The summed E-state index contributed by atoms with van der Waals surface area (Å²) in [6, 6.07) is 7.80. The van der Waals surface area contributed by atoms with Gasteiger partial charge in [-0.15, -0.1) is 5.10 Å². The lowest BCUT2D eigenvalue weighted by Gasteiger charge is -2.43. The van der Waals surface area contributed by atoms with Crippen molar-refractivity contribution >= 4 is 50.8 Å². The van der Waals surface area contributed by atoms with Crippen molar-refractivity contribution in [2.75, 3.05) is 6.54 Å². The maximum atomic E-state index is 12.6. The molecule has 0 radical (unpaired) electrons. The van der Waals surface area contributed by atoms with Crippen LogP contribution in [0.1, 0.15) is 6.42 Å². The molecule has 0 fully saturated rings. The van der Waals surface area contributed by atoms with Crippen LogP contribution in [0.15, 0.2) is 24.3 Å². The van der Waals surface area contributed by atoms with Crippen LogP contribution < -0.4 is 5.32 Å². The molecular weight excluding hydrogens is 461 g/mol. The van der Waals surface area contributed by atoms with Crippen LogP contribution in [0.25, 0.3) is 11.0 Å². The molecule has 1 aromatic carbocycles. The van der Waals surface area contributed by atoms with Gasteiger partial charge in [0, 0.05) is 12.6 Å². The Morgan fingerprint density at radius 3 is 1.94 bits per heavy atom. The van der Waals surface area contributed by atoms with Gasteiger partial charge in [-0.1, -0.05) is 17.3 Å². The van der Waals surface area contributed by atoms with Gasteiger partial charge in [-0.2, -0.15) is 4.68 Å². The number of nitrogens with one attached hydrogen (secondary N) is 1. The Bertz CT molecular complexity index is 847. The predicted octanol–water partition coefficient (Wildman–Crippen LogP) is 4.87. The molecule has 0 atom stereocenters. The average Bonchev–Trinajstić information content (AvgIpc) is 2.98. The monoisotopic (exact) mass is 498 g/mol. The largest absolute Gasteiger partial charge is 0.469 e. The van der Waals surface area contributed by atoms with Gasteiger partial charge in [-0.05, 0) is 77.5 Å². The quantitative estimate of drug-likeness (QED) is 0.371. The average molecular weight is 499 g/mol. The van der Waals surface area contributed by atoms with Crippen molar-refractivity contribution in [2.45, 2.75) is 71.4 Å². The van der Waals surface area contributed by atoms with Gasteiger partial charge in [0.1, 0.15) is 5.52 Å². The molecule has 0 saturated heterocycles. The normalized spacial score (nSPS) is 13.6. The van der Waals surface area contributed by atoms with Crippen LogP contribution in [0, 0.1) is 0 Å². The number of hydrogen-bond acceptors (Lipinski definition) is 6. The Morgan fingerprint density at radius 2 is 1.42 bits per heavy atom. The summed E-state index contributed by atoms with van der Waals surface area (Å²) in [6.45, 7) is 20.1. The Hall–Kier alpha value is -1.16. The molecule has 174 valence electrons. The highest BCUT2D eigenvalue weighted by Gasteiger charge is 2.49. The lowest BCUT2D eigenvalue weighted by Crippen LogP contribution is -2.60. The van der Waals surface area contributed by atoms with E-state index >= 15 is 0 Å². The topological polar surface area (TPSA) is 87.5 Å². The SMILES string of the molecule is C[Si](C)(C)O[Si](CCCNC(=O)n1nnc2ccccc21)(O[Si](C)(C)C)O[Si](C)(C)C. The molecule has 1 N–H and O–H groups in total. The second-order valence-corrected chi connectivity index (χ2v) is 27.6. The van der Waals surface area contributed by atoms with Crippen LogP contribution >= 0.6 is 0 Å². The van der Waals surface area contributed by atoms with Crippen LogP contribution in [-0.4, -0.2) is 61.3 Å². The fourth-order valence-electron chi connectivity index (χ4n) is 3.21. The van der Waals surface area contributed by atoms with E-state index in [0.717, 1.165) is 0 Å². The van der Waals surface area contributed by atoms with E-state index in [-0.39, 0.29) is 6.03 Å². The summed E-state index contributed by atoms with van der Waals surface area (Å²) in [5.74, 6) is 0. The van der Waals surface area contributed by atoms with E-state index in [1.54, 1.807) is 0 Å². The number of nitrogens with zero attached hydrogens (tertiary/aromatic N) is 3. The Morgan fingerprint density at radius 1 is 0.903 bits per heavy atom. The molecule has 0 aliphatic heterocycles. The van der Waals surface area contributed by atoms with Crippen LogP contribution in [-0.2, 0) is 12.3 Å². The predicted molar refractivity (Wildman–Crippen MR) is 135 cm³/mol. The van der Waals surface area contributed by atoms with Crippen LogP contribution in [0.4, 0.5) is 4.79 Å². The molecule has 0 unspecified atom stereocenters. The highest BCUT2D eigenvalue weighted by molar-refractivity contribution is 6.90. The van der Waals surface area contributed by atoms with E-state index in [4.69, 9.17) is 12.3 Å². The van der Waals surface area contributed by atoms with Gasteiger partial charge in [-0.25, -0.2) is 4.79 Å². The van der Waals surface area contributed by atoms with Gasteiger partial charge in [-0.3, -0.25) is 0 Å². The number of carbonyl (C=O) groups excluding carboxylic acids is 1. The molecule has 0 aliphatic carbocycles. The van der Waals surface area contributed by atoms with Crippen LogP contribution in [0.3, 0.4) is 0 Å². The van der Waals surface area contributed by atoms with Crippen molar-refractivity contribution in [3.05, 3.63) is 24.3 Å². The van der Waals surface area contributed by atoms with Gasteiger partial charge < -0.3 is 17.7 Å². The van der Waals surface area contributed by atoms with Gasteiger partial charge in [0.25, 0.3) is 0 Å². The van der Waals surface area contributed by atoms with E-state index in [9.17, 15) is 4.79 Å². The molecule has 0 bridgehead atoms. The maximum Gasteiger partial charge on any atom is 0.469 e. The van der Waals surface area contributed by atoms with Crippen LogP contribution in [0.2, 0.25) is 65.0 Å². The first-order chi connectivity index (χ1) is 14.1. The standard InChI is InChI=1S/C19H38N4O4Si4/c1-28(2,3)25-31(26-29(4,5)6,27-30(7,8)9)16-12-15-20-19(24)23-18-14-11-10-13-17(18)21-22-23/h10-11,13-14H,12,15-16H2,1-9H3,(H,20,24). The summed E-state index contributed by atoms with van der Waals surface area (Å²) < 4.78 is 21.3. The minimum atomic E-state index is -2.88. The first kappa shape index (κ1) is 26.1. The zero-order chi connectivity index (χ0) is 23.5. The molecule has 0 aliphatic rings. The third kappa shape index (κ3) is 8.71. The molecule has 1 aromatic heterocycles. The molecule has 1 heterocycles. The van der Waals surface area contributed by atoms with E-state index in [0.29, 0.717) is 30.0 Å². The van der Waals surface area contributed by atoms with Crippen molar-refractivity contribution in [3.63, 3.8) is 0 Å². The van der Waals surface area contributed by atoms with E-state index in [1.807, 2.05) is 24.3 Å². The molecule has 0 spiro atoms. The number of fused-ring (bicyclic) bond motifs is 1. The summed E-state index contributed by atoms with van der Waals surface area (Å²) in [5, 5.41) is 11.0. The summed E-state index contributed by atoms with van der Waals surface area (Å²) in [6.07, 6.45) is 0.712. The first-order valence-electron chi connectivity index (χ1n) is 10.8. The third-order valence-electron chi connectivity index (χ3n) is 3.87. The van der Waals surface area contributed by atoms with Crippen molar-refractivity contribution in [2.24, 2.45) is 0 Å². The lowest BCUT2D eigenvalue weighted by molar-refractivity contribution is 0.237. The summed E-state index contributed by atoms with van der Waals surface area (Å²) >= 11 is 0. The Labute approximate surface area is 190 Å². The van der Waals surface area contributed by atoms with E-state index < -0.39 is 33.8 Å². The van der Waals surface area contributed by atoms with Crippen molar-refractivity contribution < 1.29 is 17.1 Å². The van der Waals surface area contributed by atoms with E-state index in [2.05, 4.69) is 74.6 Å². The number of aromatic nitrogens is 3. The van der Waals surface area contributed by atoms with Crippen LogP contribution in [0.5, 0.6) is 0 Å². The van der Waals surface area contributed by atoms with E-state index in [1.165, 1.54) is 4.68 Å². The second kappa shape index (κ2) is 9.77. The van der Waals surface area contributed by atoms with Gasteiger partial charge >= 0.3 is 14.8 Å². The summed E-state index contributed by atoms with van der Waals surface area (Å²) in [5.41, 5.74) is 1.38. The number of rotatable bonds is 10. The number of carbonyl (C=O) groups is 1. The van der Waals surface area contributed by atoms with Crippen molar-refractivity contribution in [3.8, 4) is 0 Å². The fraction of sp³-hybridized carbons (Fsp3) is 0.632. The van der Waals surface area contributed by atoms with Gasteiger partial charge in [0.2, 0.25) is 0 Å². The number of hydrogen-bond donors (Lipinski definition) is 1. The fourth-order valence-corrected chi connectivity index (χ4v) is 17.9. The minimum Gasteiger partial charge on any atom is -0.417 e. The first-order valence-corrected chi connectivity index (χ1v) is 22.9. The lowest BCUT2D eigenvalue weighted by atomic mass is 10.3. The smallest absolute Gasteiger partial charge is 0.417 e. The zero-order valence-corrected chi connectivity index (χ0v) is 24.4. The van der Waals surface area contributed by atoms with Crippen molar-refractivity contribution in [1.29, 1.82) is 0 Å². The molecule has 2 rings (SSSR count). The third-order valence-corrected chi connectivity index (χ3v) is 15.9. The minimum absolute atomic E-state index is 0.288. The van der Waals surface area contributed by atoms with Crippen molar-refractivity contribution in [1.82, 2.24) is 20.3 Å².